The molecule has 0 saturated heterocycles. The molecule has 0 unspecified atom stereocenters. The van der Waals surface area contributed by atoms with Gasteiger partial charge in [-0.1, -0.05) is 5.16 Å². The highest BCUT2D eigenvalue weighted by atomic mass is 16.5. The SMILES string of the molecule is O=C1N=NCc2conc21. The Labute approximate surface area is 55.7 Å². The maximum atomic E-state index is 10.8. The Morgan fingerprint density at radius 3 is 3.30 bits per heavy atom. The molecule has 0 atom stereocenters. The standard InChI is InChI=1S/C5H3N3O2/c9-5-4-3(1-6-7-5)2-10-8-4/h2H,1H2. The normalized spacial score (nSPS) is 15.4. The fraction of sp³-hybridized carbons (Fsp3) is 0.200. The number of azo groups is 1. The van der Waals surface area contributed by atoms with Crippen molar-refractivity contribution in [1.29, 1.82) is 0 Å². The molecule has 50 valence electrons. The van der Waals surface area contributed by atoms with Crippen LogP contribution in [0.5, 0.6) is 0 Å². The Morgan fingerprint density at radius 2 is 2.50 bits per heavy atom. The lowest BCUT2D eigenvalue weighted by atomic mass is 10.2. The zero-order valence-electron chi connectivity index (χ0n) is 4.94. The summed E-state index contributed by atoms with van der Waals surface area (Å²) in [4.78, 5) is 10.8. The van der Waals surface area contributed by atoms with Crippen molar-refractivity contribution in [3.05, 3.63) is 17.5 Å². The van der Waals surface area contributed by atoms with E-state index in [2.05, 4.69) is 19.9 Å². The summed E-state index contributed by atoms with van der Waals surface area (Å²) in [6, 6.07) is 0. The van der Waals surface area contributed by atoms with Crippen LogP contribution < -0.4 is 0 Å². The highest BCUT2D eigenvalue weighted by molar-refractivity contribution is 5.94. The Hall–Kier alpha value is -1.52. The van der Waals surface area contributed by atoms with Gasteiger partial charge in [-0.2, -0.15) is 5.11 Å². The minimum Gasteiger partial charge on any atom is -0.364 e. The molecule has 2 rings (SSSR count). The van der Waals surface area contributed by atoms with Crippen LogP contribution in [0.3, 0.4) is 0 Å². The summed E-state index contributed by atoms with van der Waals surface area (Å²) in [6.45, 7) is 0.393. The van der Waals surface area contributed by atoms with Gasteiger partial charge >= 0.3 is 5.91 Å². The van der Waals surface area contributed by atoms with E-state index < -0.39 is 5.91 Å². The summed E-state index contributed by atoms with van der Waals surface area (Å²) in [5.41, 5.74) is 0.995. The molecule has 1 aliphatic rings. The first-order valence-electron chi connectivity index (χ1n) is 2.73. The second-order valence-electron chi connectivity index (χ2n) is 1.89. The van der Waals surface area contributed by atoms with Gasteiger partial charge in [-0.15, -0.1) is 5.11 Å². The number of carbonyl (C=O) groups excluding carboxylic acids is 1. The van der Waals surface area contributed by atoms with Crippen molar-refractivity contribution in [1.82, 2.24) is 5.16 Å². The second kappa shape index (κ2) is 1.73. The third kappa shape index (κ3) is 0.570. The molecule has 0 aliphatic carbocycles. The van der Waals surface area contributed by atoms with Crippen LogP contribution in [0.4, 0.5) is 0 Å². The Kier molecular flexibility index (Phi) is 0.913. The van der Waals surface area contributed by atoms with Crippen molar-refractivity contribution < 1.29 is 9.32 Å². The molecular formula is C5H3N3O2. The number of fused-ring (bicyclic) bond motifs is 1. The second-order valence-corrected chi connectivity index (χ2v) is 1.89. The summed E-state index contributed by atoms with van der Waals surface area (Å²) in [6.07, 6.45) is 1.41. The number of rotatable bonds is 0. The van der Waals surface area contributed by atoms with Gasteiger partial charge in [-0.3, -0.25) is 4.79 Å². The molecule has 0 aromatic carbocycles. The monoisotopic (exact) mass is 137 g/mol. The van der Waals surface area contributed by atoms with Crippen molar-refractivity contribution in [2.75, 3.05) is 0 Å². The molecule has 5 heteroatoms. The zero-order valence-corrected chi connectivity index (χ0v) is 4.94. The topological polar surface area (TPSA) is 67.8 Å². The van der Waals surface area contributed by atoms with Crippen LogP contribution in [0, 0.1) is 0 Å². The third-order valence-electron chi connectivity index (χ3n) is 1.25. The summed E-state index contributed by atoms with van der Waals surface area (Å²) in [7, 11) is 0. The fourth-order valence-corrected chi connectivity index (χ4v) is 0.769. The number of aromatic nitrogens is 1. The molecule has 1 aliphatic heterocycles. The van der Waals surface area contributed by atoms with Gasteiger partial charge in [0.2, 0.25) is 0 Å². The van der Waals surface area contributed by atoms with Gasteiger partial charge in [-0.25, -0.2) is 0 Å². The molecular weight excluding hydrogens is 134 g/mol. The molecule has 0 bridgehead atoms. The van der Waals surface area contributed by atoms with E-state index in [1.54, 1.807) is 0 Å². The molecule has 0 fully saturated rings. The number of nitrogens with zero attached hydrogens (tertiary/aromatic N) is 3. The van der Waals surface area contributed by atoms with E-state index in [0.29, 0.717) is 12.1 Å². The maximum absolute atomic E-state index is 10.8. The number of amides is 1. The quantitative estimate of drug-likeness (QED) is 0.530. The Morgan fingerprint density at radius 1 is 1.60 bits per heavy atom. The lowest BCUT2D eigenvalue weighted by Crippen LogP contribution is -2.02. The lowest BCUT2D eigenvalue weighted by Gasteiger charge is -1.95. The fourth-order valence-electron chi connectivity index (χ4n) is 0.769. The number of hydrogen-bond acceptors (Lipinski definition) is 4. The average molecular weight is 137 g/mol. The number of hydrogen-bond donors (Lipinski definition) is 0. The van der Waals surface area contributed by atoms with Gasteiger partial charge in [-0.05, 0) is 0 Å². The summed E-state index contributed by atoms with van der Waals surface area (Å²) in [5.74, 6) is -0.421. The molecule has 0 N–H and O–H groups in total. The van der Waals surface area contributed by atoms with E-state index in [0.717, 1.165) is 0 Å². The zero-order chi connectivity index (χ0) is 6.97. The minimum absolute atomic E-state index is 0.287. The van der Waals surface area contributed by atoms with Crippen LogP contribution in [-0.2, 0) is 6.54 Å². The van der Waals surface area contributed by atoms with Gasteiger partial charge in [0.15, 0.2) is 5.69 Å². The van der Waals surface area contributed by atoms with E-state index in [-0.39, 0.29) is 5.69 Å². The van der Waals surface area contributed by atoms with Gasteiger partial charge < -0.3 is 4.52 Å². The highest BCUT2D eigenvalue weighted by Crippen LogP contribution is 2.13. The number of carbonyl (C=O) groups is 1. The molecule has 0 saturated carbocycles. The maximum Gasteiger partial charge on any atom is 0.317 e. The molecule has 2 heterocycles. The van der Waals surface area contributed by atoms with Crippen molar-refractivity contribution in [3.8, 4) is 0 Å². The summed E-state index contributed by atoms with van der Waals surface area (Å²) >= 11 is 0. The molecule has 1 aromatic rings. The lowest BCUT2D eigenvalue weighted by molar-refractivity contribution is 0.0979. The predicted octanol–water partition coefficient (Wildman–Crippen LogP) is 0.781. The van der Waals surface area contributed by atoms with Crippen LogP contribution in [0.25, 0.3) is 0 Å². The predicted molar refractivity (Wildman–Crippen MR) is 29.4 cm³/mol. The van der Waals surface area contributed by atoms with E-state index in [9.17, 15) is 4.79 Å². The van der Waals surface area contributed by atoms with Gasteiger partial charge in [0, 0.05) is 5.56 Å². The van der Waals surface area contributed by atoms with Crippen molar-refractivity contribution in [3.63, 3.8) is 0 Å². The van der Waals surface area contributed by atoms with Crippen LogP contribution >= 0.6 is 0 Å². The van der Waals surface area contributed by atoms with Crippen molar-refractivity contribution in [2.45, 2.75) is 6.54 Å². The Bertz CT molecular complexity index is 302. The average Bonchev–Trinajstić information content (AvgIpc) is 2.36. The molecule has 0 spiro atoms. The highest BCUT2D eigenvalue weighted by Gasteiger charge is 2.18. The summed E-state index contributed by atoms with van der Waals surface area (Å²) in [5, 5.41) is 10.3. The largest absolute Gasteiger partial charge is 0.364 e. The first kappa shape index (κ1) is 5.28. The minimum atomic E-state index is -0.421. The first-order valence-corrected chi connectivity index (χ1v) is 2.73. The van der Waals surface area contributed by atoms with E-state index in [4.69, 9.17) is 0 Å². The van der Waals surface area contributed by atoms with Crippen molar-refractivity contribution >= 4 is 5.91 Å². The molecule has 10 heavy (non-hydrogen) atoms. The van der Waals surface area contributed by atoms with E-state index in [1.165, 1.54) is 6.26 Å². The molecule has 1 amide bonds. The smallest absolute Gasteiger partial charge is 0.317 e. The van der Waals surface area contributed by atoms with Gasteiger partial charge in [0.25, 0.3) is 0 Å². The Balaban J connectivity index is 2.58. The van der Waals surface area contributed by atoms with Gasteiger partial charge in [0.05, 0.1) is 6.54 Å². The first-order chi connectivity index (χ1) is 4.88. The van der Waals surface area contributed by atoms with Crippen LogP contribution in [0.2, 0.25) is 0 Å². The molecule has 1 aromatic heterocycles. The third-order valence-corrected chi connectivity index (χ3v) is 1.25. The van der Waals surface area contributed by atoms with E-state index in [1.807, 2.05) is 0 Å². The summed E-state index contributed by atoms with van der Waals surface area (Å²) < 4.78 is 4.55. The van der Waals surface area contributed by atoms with Crippen LogP contribution in [-0.4, -0.2) is 11.1 Å². The van der Waals surface area contributed by atoms with Crippen LogP contribution in [0.15, 0.2) is 21.0 Å². The molecule has 5 nitrogen and oxygen atoms in total. The van der Waals surface area contributed by atoms with Crippen molar-refractivity contribution in [2.24, 2.45) is 10.2 Å². The van der Waals surface area contributed by atoms with Gasteiger partial charge in [0.1, 0.15) is 6.26 Å². The van der Waals surface area contributed by atoms with E-state index >= 15 is 0 Å². The van der Waals surface area contributed by atoms with Crippen LogP contribution in [0.1, 0.15) is 16.1 Å². The molecule has 0 radical (unpaired) electrons.